The molecule has 2 rings (SSSR count). The standard InChI is InChI=1S/C17H26FN3O2.2ClH/c1-13(19)3-6-17(22)21-9-7-20(8-10-21)12-14-4-5-16(23-2)15(18)11-14;;/h4-5,11,13H,3,6-10,12,19H2,1-2H3;2*1H. The van der Waals surface area contributed by atoms with Gasteiger partial charge in [-0.05, 0) is 31.0 Å². The van der Waals surface area contributed by atoms with E-state index in [0.29, 0.717) is 13.0 Å². The summed E-state index contributed by atoms with van der Waals surface area (Å²) in [5.41, 5.74) is 6.61. The van der Waals surface area contributed by atoms with E-state index in [0.717, 1.165) is 38.2 Å². The van der Waals surface area contributed by atoms with E-state index in [1.807, 2.05) is 17.9 Å². The fourth-order valence-corrected chi connectivity index (χ4v) is 2.73. The van der Waals surface area contributed by atoms with Crippen molar-refractivity contribution in [2.24, 2.45) is 5.73 Å². The third-order valence-electron chi connectivity index (χ3n) is 4.16. The number of methoxy groups -OCH3 is 1. The maximum absolute atomic E-state index is 13.7. The third kappa shape index (κ3) is 7.36. The number of ether oxygens (including phenoxy) is 1. The first kappa shape index (κ1) is 23.9. The first-order valence-corrected chi connectivity index (χ1v) is 8.07. The van der Waals surface area contributed by atoms with Crippen molar-refractivity contribution in [1.82, 2.24) is 9.80 Å². The summed E-state index contributed by atoms with van der Waals surface area (Å²) in [7, 11) is 1.46. The highest BCUT2D eigenvalue weighted by Gasteiger charge is 2.21. The van der Waals surface area contributed by atoms with Crippen LogP contribution >= 0.6 is 24.8 Å². The number of carbonyl (C=O) groups excluding carboxylic acids is 1. The van der Waals surface area contributed by atoms with E-state index in [2.05, 4.69) is 4.90 Å². The molecule has 1 unspecified atom stereocenters. The molecule has 2 N–H and O–H groups in total. The lowest BCUT2D eigenvalue weighted by atomic mass is 10.1. The van der Waals surface area contributed by atoms with Gasteiger partial charge < -0.3 is 15.4 Å². The highest BCUT2D eigenvalue weighted by molar-refractivity contribution is 5.85. The molecular formula is C17H28Cl2FN3O2. The fraction of sp³-hybridized carbons (Fsp3) is 0.588. The van der Waals surface area contributed by atoms with Crippen molar-refractivity contribution in [3.8, 4) is 5.75 Å². The van der Waals surface area contributed by atoms with Gasteiger partial charge in [0.25, 0.3) is 0 Å². The number of piperazine rings is 1. The first-order chi connectivity index (χ1) is 11.0. The number of amides is 1. The number of nitrogens with zero attached hydrogens (tertiary/aromatic N) is 2. The Labute approximate surface area is 161 Å². The summed E-state index contributed by atoms with van der Waals surface area (Å²) in [6, 6.07) is 5.10. The van der Waals surface area contributed by atoms with E-state index in [-0.39, 0.29) is 48.3 Å². The molecular weight excluding hydrogens is 368 g/mol. The smallest absolute Gasteiger partial charge is 0.222 e. The summed E-state index contributed by atoms with van der Waals surface area (Å²) in [5.74, 6) is 0.102. The lowest BCUT2D eigenvalue weighted by Gasteiger charge is -2.35. The molecule has 1 fully saturated rings. The van der Waals surface area contributed by atoms with Gasteiger partial charge in [0.15, 0.2) is 11.6 Å². The van der Waals surface area contributed by atoms with E-state index in [4.69, 9.17) is 10.5 Å². The molecule has 1 aromatic carbocycles. The Morgan fingerprint density at radius 2 is 1.92 bits per heavy atom. The average molecular weight is 396 g/mol. The van der Waals surface area contributed by atoms with Crippen molar-refractivity contribution in [3.63, 3.8) is 0 Å². The van der Waals surface area contributed by atoms with Crippen LogP contribution in [0.5, 0.6) is 5.75 Å². The normalized spacial score (nSPS) is 15.8. The Hall–Kier alpha value is -1.08. The third-order valence-corrected chi connectivity index (χ3v) is 4.16. The van der Waals surface area contributed by atoms with Gasteiger partial charge in [-0.1, -0.05) is 6.07 Å². The van der Waals surface area contributed by atoms with Gasteiger partial charge in [-0.2, -0.15) is 0 Å². The van der Waals surface area contributed by atoms with Crippen molar-refractivity contribution in [1.29, 1.82) is 0 Å². The number of halogens is 3. The Bertz CT molecular complexity index is 539. The summed E-state index contributed by atoms with van der Waals surface area (Å²) < 4.78 is 18.6. The Morgan fingerprint density at radius 3 is 2.44 bits per heavy atom. The summed E-state index contributed by atoms with van der Waals surface area (Å²) >= 11 is 0. The number of carbonyl (C=O) groups is 1. The molecule has 0 radical (unpaired) electrons. The second kappa shape index (κ2) is 11.5. The molecule has 25 heavy (non-hydrogen) atoms. The molecule has 1 atom stereocenters. The second-order valence-electron chi connectivity index (χ2n) is 6.14. The number of hydrogen-bond acceptors (Lipinski definition) is 4. The zero-order chi connectivity index (χ0) is 16.8. The van der Waals surface area contributed by atoms with Gasteiger partial charge in [0.1, 0.15) is 0 Å². The van der Waals surface area contributed by atoms with Crippen molar-refractivity contribution in [3.05, 3.63) is 29.6 Å². The minimum absolute atomic E-state index is 0. The molecule has 0 saturated carbocycles. The molecule has 8 heteroatoms. The van der Waals surface area contributed by atoms with Crippen LogP contribution in [0.1, 0.15) is 25.3 Å². The summed E-state index contributed by atoms with van der Waals surface area (Å²) in [6.07, 6.45) is 1.24. The van der Waals surface area contributed by atoms with Crippen molar-refractivity contribution >= 4 is 30.7 Å². The lowest BCUT2D eigenvalue weighted by molar-refractivity contribution is -0.133. The SMILES string of the molecule is COc1ccc(CN2CCN(C(=O)CCC(C)N)CC2)cc1F.Cl.Cl. The molecule has 144 valence electrons. The maximum Gasteiger partial charge on any atom is 0.222 e. The maximum atomic E-state index is 13.7. The van der Waals surface area contributed by atoms with Crippen LogP contribution in [0, 0.1) is 5.82 Å². The van der Waals surface area contributed by atoms with Gasteiger partial charge in [-0.3, -0.25) is 9.69 Å². The number of nitrogens with two attached hydrogens (primary N) is 1. The monoisotopic (exact) mass is 395 g/mol. The molecule has 0 bridgehead atoms. The lowest BCUT2D eigenvalue weighted by Crippen LogP contribution is -2.48. The highest BCUT2D eigenvalue weighted by atomic mass is 35.5. The summed E-state index contributed by atoms with van der Waals surface area (Å²) in [6.45, 7) is 5.64. The van der Waals surface area contributed by atoms with E-state index < -0.39 is 0 Å². The van der Waals surface area contributed by atoms with Gasteiger partial charge in [-0.15, -0.1) is 24.8 Å². The molecule has 0 spiro atoms. The Kier molecular flexibility index (Phi) is 11.0. The molecule has 1 aliphatic heterocycles. The Balaban J connectivity index is 0.00000288. The second-order valence-corrected chi connectivity index (χ2v) is 6.14. The largest absolute Gasteiger partial charge is 0.494 e. The van der Waals surface area contributed by atoms with Gasteiger partial charge in [-0.25, -0.2) is 4.39 Å². The molecule has 5 nitrogen and oxygen atoms in total. The molecule has 1 heterocycles. The van der Waals surface area contributed by atoms with Crippen LogP contribution in [0.4, 0.5) is 4.39 Å². The predicted molar refractivity (Wildman–Crippen MR) is 102 cm³/mol. The highest BCUT2D eigenvalue weighted by Crippen LogP contribution is 2.19. The van der Waals surface area contributed by atoms with E-state index >= 15 is 0 Å². The zero-order valence-electron chi connectivity index (χ0n) is 14.7. The van der Waals surface area contributed by atoms with E-state index in [1.165, 1.54) is 13.2 Å². The van der Waals surface area contributed by atoms with Crippen molar-refractivity contribution in [2.75, 3.05) is 33.3 Å². The molecule has 1 amide bonds. The molecule has 0 aromatic heterocycles. The number of benzene rings is 1. The molecule has 1 saturated heterocycles. The van der Waals surface area contributed by atoms with Gasteiger partial charge >= 0.3 is 0 Å². The summed E-state index contributed by atoms with van der Waals surface area (Å²) in [4.78, 5) is 16.2. The van der Waals surface area contributed by atoms with Crippen LogP contribution in [-0.2, 0) is 11.3 Å². The molecule has 0 aliphatic carbocycles. The van der Waals surface area contributed by atoms with Crippen LogP contribution in [0.2, 0.25) is 0 Å². The minimum Gasteiger partial charge on any atom is -0.494 e. The van der Waals surface area contributed by atoms with Crippen molar-refractivity contribution in [2.45, 2.75) is 32.4 Å². The van der Waals surface area contributed by atoms with E-state index in [9.17, 15) is 9.18 Å². The average Bonchev–Trinajstić information content (AvgIpc) is 2.53. The molecule has 1 aromatic rings. The van der Waals surface area contributed by atoms with Crippen LogP contribution in [0.25, 0.3) is 0 Å². The van der Waals surface area contributed by atoms with Gasteiger partial charge in [0.2, 0.25) is 5.91 Å². The Morgan fingerprint density at radius 1 is 1.28 bits per heavy atom. The number of rotatable bonds is 6. The summed E-state index contributed by atoms with van der Waals surface area (Å²) in [5, 5.41) is 0. The fourth-order valence-electron chi connectivity index (χ4n) is 2.73. The predicted octanol–water partition coefficient (Wildman–Crippen LogP) is 2.45. The minimum atomic E-state index is -0.338. The van der Waals surface area contributed by atoms with Crippen LogP contribution in [0.3, 0.4) is 0 Å². The van der Waals surface area contributed by atoms with Crippen LogP contribution in [0.15, 0.2) is 18.2 Å². The quantitative estimate of drug-likeness (QED) is 0.803. The van der Waals surface area contributed by atoms with E-state index in [1.54, 1.807) is 6.07 Å². The van der Waals surface area contributed by atoms with Crippen LogP contribution < -0.4 is 10.5 Å². The first-order valence-electron chi connectivity index (χ1n) is 8.07. The topological polar surface area (TPSA) is 58.8 Å². The van der Waals surface area contributed by atoms with Gasteiger partial charge in [0, 0.05) is 45.2 Å². The van der Waals surface area contributed by atoms with Crippen molar-refractivity contribution < 1.29 is 13.9 Å². The van der Waals surface area contributed by atoms with Gasteiger partial charge in [0.05, 0.1) is 7.11 Å². The number of hydrogen-bond donors (Lipinski definition) is 1. The molecule has 1 aliphatic rings. The zero-order valence-corrected chi connectivity index (χ0v) is 16.4. The van der Waals surface area contributed by atoms with Crippen LogP contribution in [-0.4, -0.2) is 55.0 Å².